The number of methoxy groups -OCH3 is 3. The quantitative estimate of drug-likeness (QED) is 0.516. The number of carbonyl (C=O) groups is 3. The zero-order valence-electron chi connectivity index (χ0n) is 19.8. The average molecular weight is 499 g/mol. The number of carbonyl (C=O) groups excluding carboxylic acids is 2. The van der Waals surface area contributed by atoms with Crippen molar-refractivity contribution in [3.8, 4) is 28.7 Å². The number of nitrogens with zero attached hydrogens (tertiary/aromatic N) is 1. The van der Waals surface area contributed by atoms with Gasteiger partial charge in [-0.15, -0.1) is 0 Å². The summed E-state index contributed by atoms with van der Waals surface area (Å²) in [5.74, 6) is -0.188. The molecule has 0 aliphatic carbocycles. The Morgan fingerprint density at radius 2 is 1.78 bits per heavy atom. The lowest BCUT2D eigenvalue weighted by atomic mass is 10.1. The molecule has 0 radical (unpaired) electrons. The van der Waals surface area contributed by atoms with E-state index in [0.717, 1.165) is 4.90 Å². The topological polar surface area (TPSA) is 141 Å². The summed E-state index contributed by atoms with van der Waals surface area (Å²) >= 11 is 0. The average Bonchev–Trinajstić information content (AvgIpc) is 3.41. The van der Waals surface area contributed by atoms with Crippen molar-refractivity contribution < 1.29 is 48.3 Å². The molecule has 2 atom stereocenters. The number of hydrogen-bond donors (Lipinski definition) is 2. The van der Waals surface area contributed by atoms with E-state index in [4.69, 9.17) is 23.7 Å². The Morgan fingerprint density at radius 1 is 1.08 bits per heavy atom. The van der Waals surface area contributed by atoms with Crippen LogP contribution in [0.15, 0.2) is 36.1 Å². The lowest BCUT2D eigenvalue weighted by Gasteiger charge is -2.21. The van der Waals surface area contributed by atoms with Crippen molar-refractivity contribution in [2.75, 3.05) is 34.5 Å². The second kappa shape index (κ2) is 10.2. The summed E-state index contributed by atoms with van der Waals surface area (Å²) in [6.45, 7) is -0.510. The summed E-state index contributed by atoms with van der Waals surface area (Å²) in [6.07, 6.45) is 0.595. The van der Waals surface area contributed by atoms with Gasteiger partial charge in [-0.1, -0.05) is 0 Å². The van der Waals surface area contributed by atoms with E-state index >= 15 is 0 Å². The number of amides is 1. The minimum atomic E-state index is -1.19. The highest BCUT2D eigenvalue weighted by atomic mass is 16.5. The van der Waals surface area contributed by atoms with Crippen LogP contribution in [-0.2, 0) is 9.59 Å². The molecular weight excluding hydrogens is 474 g/mol. The molecule has 4 rings (SSSR count). The van der Waals surface area contributed by atoms with Crippen LogP contribution in [-0.4, -0.2) is 79.4 Å². The van der Waals surface area contributed by atoms with Crippen LogP contribution in [0.2, 0.25) is 0 Å². The van der Waals surface area contributed by atoms with E-state index in [1.807, 2.05) is 0 Å². The first-order valence-corrected chi connectivity index (χ1v) is 11.0. The Bertz CT molecular complexity index is 1240. The molecule has 2 N–H and O–H groups in total. The summed E-state index contributed by atoms with van der Waals surface area (Å²) in [6, 6.07) is 6.70. The SMILES string of the molecule is COc1cc(OC)c(OC)cc1C=C1Oc2cc(OCC(=O)N3CC(O)CC3C(=O)O)ccc2C1=O. The van der Waals surface area contributed by atoms with Gasteiger partial charge in [0.05, 0.1) is 33.0 Å². The van der Waals surface area contributed by atoms with Crippen molar-refractivity contribution >= 4 is 23.7 Å². The van der Waals surface area contributed by atoms with E-state index in [2.05, 4.69) is 0 Å². The van der Waals surface area contributed by atoms with Crippen LogP contribution in [0.3, 0.4) is 0 Å². The van der Waals surface area contributed by atoms with Gasteiger partial charge < -0.3 is 38.8 Å². The highest BCUT2D eigenvalue weighted by molar-refractivity contribution is 6.14. The molecule has 2 aromatic carbocycles. The molecule has 0 aromatic heterocycles. The van der Waals surface area contributed by atoms with Crippen LogP contribution in [0.5, 0.6) is 28.7 Å². The van der Waals surface area contributed by atoms with Gasteiger partial charge in [0, 0.05) is 30.7 Å². The molecule has 2 aliphatic rings. The standard InChI is InChI=1S/C25H25NO10/c1-32-18-10-21(34-3)20(33-2)6-13(18)7-22-24(29)16-5-4-15(9-19(16)36-22)35-12-23(28)26-11-14(27)8-17(26)25(30)31/h4-7,9-10,14,17,27H,8,11-12H2,1-3H3,(H,30,31). The molecule has 0 bridgehead atoms. The first-order valence-electron chi connectivity index (χ1n) is 11.0. The maximum absolute atomic E-state index is 12.9. The molecular formula is C25H25NO10. The number of hydrogen-bond acceptors (Lipinski definition) is 9. The number of Topliss-reactive ketones (excluding diaryl/α,β-unsaturated/α-hetero) is 1. The minimum Gasteiger partial charge on any atom is -0.496 e. The van der Waals surface area contributed by atoms with E-state index in [9.17, 15) is 24.6 Å². The summed E-state index contributed by atoms with van der Waals surface area (Å²) in [5.41, 5.74) is 0.849. The van der Waals surface area contributed by atoms with Gasteiger partial charge in [0.15, 0.2) is 23.9 Å². The number of carboxylic acid groups (broad SMARTS) is 1. The van der Waals surface area contributed by atoms with Crippen LogP contribution in [0.4, 0.5) is 0 Å². The molecule has 190 valence electrons. The zero-order chi connectivity index (χ0) is 26.0. The molecule has 36 heavy (non-hydrogen) atoms. The third-order valence-electron chi connectivity index (χ3n) is 5.91. The molecule has 2 aromatic rings. The number of ketones is 1. The molecule has 0 spiro atoms. The van der Waals surface area contributed by atoms with Gasteiger partial charge in [-0.3, -0.25) is 9.59 Å². The fraction of sp³-hybridized carbons (Fsp3) is 0.320. The van der Waals surface area contributed by atoms with Gasteiger partial charge in [-0.25, -0.2) is 4.79 Å². The van der Waals surface area contributed by atoms with E-state index in [-0.39, 0.29) is 36.0 Å². The van der Waals surface area contributed by atoms with Gasteiger partial charge >= 0.3 is 5.97 Å². The Morgan fingerprint density at radius 3 is 2.44 bits per heavy atom. The van der Waals surface area contributed by atoms with Gasteiger partial charge in [0.1, 0.15) is 23.3 Å². The summed E-state index contributed by atoms with van der Waals surface area (Å²) in [7, 11) is 4.48. The number of benzene rings is 2. The van der Waals surface area contributed by atoms with Gasteiger partial charge in [0.25, 0.3) is 5.91 Å². The lowest BCUT2D eigenvalue weighted by molar-refractivity contribution is -0.148. The number of rotatable bonds is 8. The number of aliphatic hydroxyl groups excluding tert-OH is 1. The maximum Gasteiger partial charge on any atom is 0.326 e. The fourth-order valence-electron chi connectivity index (χ4n) is 4.12. The molecule has 0 saturated carbocycles. The number of allylic oxidation sites excluding steroid dienone is 1. The van der Waals surface area contributed by atoms with Crippen molar-refractivity contribution in [3.05, 3.63) is 47.2 Å². The molecule has 2 aliphatic heterocycles. The van der Waals surface area contributed by atoms with Crippen LogP contribution in [0.1, 0.15) is 22.3 Å². The molecule has 11 nitrogen and oxygen atoms in total. The Kier molecular flexibility index (Phi) is 7.02. The van der Waals surface area contributed by atoms with E-state index in [1.54, 1.807) is 12.1 Å². The molecule has 2 unspecified atom stereocenters. The highest BCUT2D eigenvalue weighted by Gasteiger charge is 2.39. The number of aliphatic carboxylic acids is 1. The summed E-state index contributed by atoms with van der Waals surface area (Å²) in [5, 5.41) is 19.0. The lowest BCUT2D eigenvalue weighted by Crippen LogP contribution is -2.42. The number of carboxylic acids is 1. The predicted octanol–water partition coefficient (Wildman–Crippen LogP) is 1.75. The molecule has 11 heteroatoms. The van der Waals surface area contributed by atoms with Gasteiger partial charge in [-0.2, -0.15) is 0 Å². The maximum atomic E-state index is 12.9. The number of β-amino-alcohol motifs (C(OH)–C–C–N with tert-alkyl or cyclic N) is 1. The van der Waals surface area contributed by atoms with Crippen molar-refractivity contribution in [2.24, 2.45) is 0 Å². The second-order valence-electron chi connectivity index (χ2n) is 8.13. The predicted molar refractivity (Wildman–Crippen MR) is 125 cm³/mol. The van der Waals surface area contributed by atoms with Crippen molar-refractivity contribution in [1.29, 1.82) is 0 Å². The third kappa shape index (κ3) is 4.78. The van der Waals surface area contributed by atoms with E-state index in [0.29, 0.717) is 28.4 Å². The second-order valence-corrected chi connectivity index (χ2v) is 8.13. The first-order chi connectivity index (χ1) is 17.2. The van der Waals surface area contributed by atoms with Crippen LogP contribution >= 0.6 is 0 Å². The molecule has 1 amide bonds. The first kappa shape index (κ1) is 24.9. The molecule has 2 heterocycles. The Balaban J connectivity index is 1.50. The van der Waals surface area contributed by atoms with Crippen LogP contribution < -0.4 is 23.7 Å². The number of aliphatic hydroxyl groups is 1. The minimum absolute atomic E-state index is 0.0319. The van der Waals surface area contributed by atoms with Crippen LogP contribution in [0, 0.1) is 0 Å². The van der Waals surface area contributed by atoms with Crippen molar-refractivity contribution in [2.45, 2.75) is 18.6 Å². The van der Waals surface area contributed by atoms with Crippen LogP contribution in [0.25, 0.3) is 6.08 Å². The number of likely N-dealkylation sites (tertiary alicyclic amines) is 1. The van der Waals surface area contributed by atoms with E-state index < -0.39 is 30.6 Å². The molecule has 1 fully saturated rings. The van der Waals surface area contributed by atoms with E-state index in [1.165, 1.54) is 45.6 Å². The van der Waals surface area contributed by atoms with Crippen molar-refractivity contribution in [3.63, 3.8) is 0 Å². The number of ether oxygens (including phenoxy) is 5. The Labute approximate surface area is 206 Å². The van der Waals surface area contributed by atoms with Crippen molar-refractivity contribution in [1.82, 2.24) is 4.90 Å². The number of fused-ring (bicyclic) bond motifs is 1. The highest BCUT2D eigenvalue weighted by Crippen LogP contribution is 2.39. The largest absolute Gasteiger partial charge is 0.496 e. The normalized spacial score (nSPS) is 19.6. The third-order valence-corrected chi connectivity index (χ3v) is 5.91. The summed E-state index contributed by atoms with van der Waals surface area (Å²) in [4.78, 5) is 37.8. The smallest absolute Gasteiger partial charge is 0.326 e. The van der Waals surface area contributed by atoms with Gasteiger partial charge in [-0.05, 0) is 24.3 Å². The Hall–Kier alpha value is -4.25. The zero-order valence-corrected chi connectivity index (χ0v) is 19.8. The monoisotopic (exact) mass is 499 g/mol. The fourth-order valence-corrected chi connectivity index (χ4v) is 4.12. The molecule has 1 saturated heterocycles. The summed E-state index contributed by atoms with van der Waals surface area (Å²) < 4.78 is 27.3. The van der Waals surface area contributed by atoms with Gasteiger partial charge in [0.2, 0.25) is 5.78 Å².